The summed E-state index contributed by atoms with van der Waals surface area (Å²) in [7, 11) is 0. The van der Waals surface area contributed by atoms with Crippen LogP contribution in [0.3, 0.4) is 0 Å². The summed E-state index contributed by atoms with van der Waals surface area (Å²) in [6, 6.07) is 0. The summed E-state index contributed by atoms with van der Waals surface area (Å²) in [5, 5.41) is 21.8. The number of fused-ring (bicyclic) bond motifs is 7. The number of hydrogen-bond acceptors (Lipinski definition) is 2. The van der Waals surface area contributed by atoms with Gasteiger partial charge in [-0.15, -0.1) is 0 Å². The van der Waals surface area contributed by atoms with E-state index in [0.717, 1.165) is 19.3 Å². The van der Waals surface area contributed by atoms with E-state index in [0.29, 0.717) is 28.6 Å². The van der Waals surface area contributed by atoms with E-state index in [1.807, 2.05) is 0 Å². The van der Waals surface area contributed by atoms with Crippen LogP contribution in [0.15, 0.2) is 11.6 Å². The first kappa shape index (κ1) is 23.4. The molecule has 32 heavy (non-hydrogen) atoms. The summed E-state index contributed by atoms with van der Waals surface area (Å²) >= 11 is 0. The van der Waals surface area contributed by atoms with Crippen LogP contribution in [0.4, 0.5) is 0 Å². The Morgan fingerprint density at radius 3 is 2.12 bits per heavy atom. The molecular weight excluding hydrogens is 392 g/mol. The Hall–Kier alpha value is -0.340. The summed E-state index contributed by atoms with van der Waals surface area (Å²) in [4.78, 5) is 0. The fourth-order valence-corrected chi connectivity index (χ4v) is 10.6. The van der Waals surface area contributed by atoms with E-state index >= 15 is 0 Å². The third-order valence-corrected chi connectivity index (χ3v) is 13.2. The molecular formula is C30H50O2. The quantitative estimate of drug-likeness (QED) is 0.391. The van der Waals surface area contributed by atoms with Crippen LogP contribution < -0.4 is 0 Å². The van der Waals surface area contributed by atoms with Gasteiger partial charge in [0.15, 0.2) is 0 Å². The molecule has 2 N–H and O–H groups in total. The van der Waals surface area contributed by atoms with E-state index in [2.05, 4.69) is 61.5 Å². The maximum Gasteiger partial charge on any atom is 0.0596 e. The molecule has 0 aromatic heterocycles. The average Bonchev–Trinajstić information content (AvgIpc) is 2.68. The highest BCUT2D eigenvalue weighted by Crippen LogP contribution is 2.75. The average molecular weight is 443 g/mol. The maximum atomic E-state index is 10.9. The summed E-state index contributed by atoms with van der Waals surface area (Å²) in [5.41, 5.74) is 2.98. The number of rotatable bonds is 0. The SMILES string of the molecule is CC1(C)C[C@H]2C3=CC[C@@H]4[C@@]5(C)CC[C@H](O)C(C)(C)[C@@H]5CC[C@@]4(C)[C@]3(C)CC[C@@]2(C)C[C@H]1O. The van der Waals surface area contributed by atoms with Gasteiger partial charge >= 0.3 is 0 Å². The van der Waals surface area contributed by atoms with Crippen LogP contribution in [-0.2, 0) is 0 Å². The lowest BCUT2D eigenvalue weighted by molar-refractivity contribution is -0.205. The minimum atomic E-state index is -0.175. The zero-order valence-electron chi connectivity index (χ0n) is 22.2. The Morgan fingerprint density at radius 2 is 1.44 bits per heavy atom. The molecule has 0 bridgehead atoms. The van der Waals surface area contributed by atoms with Gasteiger partial charge in [-0.3, -0.25) is 0 Å². The maximum absolute atomic E-state index is 10.9. The highest BCUT2D eigenvalue weighted by atomic mass is 16.3. The van der Waals surface area contributed by atoms with Crippen molar-refractivity contribution in [2.75, 3.05) is 0 Å². The predicted octanol–water partition coefficient (Wildman–Crippen LogP) is 7.14. The lowest BCUT2D eigenvalue weighted by Gasteiger charge is -2.71. The third kappa shape index (κ3) is 2.72. The highest BCUT2D eigenvalue weighted by Gasteiger charge is 2.68. The first-order valence-electron chi connectivity index (χ1n) is 13.7. The molecule has 0 saturated heterocycles. The van der Waals surface area contributed by atoms with Crippen LogP contribution in [0.2, 0.25) is 0 Å². The van der Waals surface area contributed by atoms with Crippen LogP contribution in [0.25, 0.3) is 0 Å². The van der Waals surface area contributed by atoms with Crippen LogP contribution in [0.5, 0.6) is 0 Å². The predicted molar refractivity (Wildman–Crippen MR) is 132 cm³/mol. The van der Waals surface area contributed by atoms with Crippen molar-refractivity contribution in [3.8, 4) is 0 Å². The van der Waals surface area contributed by atoms with Gasteiger partial charge in [-0.2, -0.15) is 0 Å². The van der Waals surface area contributed by atoms with Gasteiger partial charge in [0.1, 0.15) is 0 Å². The van der Waals surface area contributed by atoms with E-state index in [-0.39, 0.29) is 33.9 Å². The number of allylic oxidation sites excluding steroid dienone is 2. The number of aliphatic hydroxyl groups excluding tert-OH is 2. The summed E-state index contributed by atoms with van der Waals surface area (Å²) in [5.74, 6) is 1.95. The first-order chi connectivity index (χ1) is 14.6. The van der Waals surface area contributed by atoms with Crippen LogP contribution in [0.1, 0.15) is 113 Å². The molecule has 0 aliphatic heterocycles. The Balaban J connectivity index is 1.57. The number of hydrogen-bond donors (Lipinski definition) is 2. The fraction of sp³-hybridized carbons (Fsp3) is 0.933. The van der Waals surface area contributed by atoms with Crippen molar-refractivity contribution < 1.29 is 10.2 Å². The first-order valence-corrected chi connectivity index (χ1v) is 13.7. The van der Waals surface area contributed by atoms with Gasteiger partial charge in [0.25, 0.3) is 0 Å². The molecule has 0 heterocycles. The third-order valence-electron chi connectivity index (χ3n) is 13.2. The highest BCUT2D eigenvalue weighted by molar-refractivity contribution is 5.33. The lowest BCUT2D eigenvalue weighted by atomic mass is 9.33. The molecule has 0 aromatic carbocycles. The second-order valence-electron chi connectivity index (χ2n) is 15.3. The molecule has 4 saturated carbocycles. The number of aliphatic hydroxyl groups is 2. The molecule has 0 amide bonds. The molecule has 9 atom stereocenters. The Labute approximate surface area is 197 Å². The molecule has 4 fully saturated rings. The summed E-state index contributed by atoms with van der Waals surface area (Å²) in [6.45, 7) is 19.6. The van der Waals surface area contributed by atoms with Gasteiger partial charge < -0.3 is 10.2 Å². The molecule has 0 spiro atoms. The Kier molecular flexibility index (Phi) is 4.87. The minimum Gasteiger partial charge on any atom is -0.393 e. The molecule has 0 radical (unpaired) electrons. The molecule has 0 aromatic rings. The van der Waals surface area contributed by atoms with Crippen LogP contribution >= 0.6 is 0 Å². The van der Waals surface area contributed by atoms with Gasteiger partial charge in [0.05, 0.1) is 12.2 Å². The smallest absolute Gasteiger partial charge is 0.0596 e. The molecule has 5 aliphatic carbocycles. The van der Waals surface area contributed by atoms with Crippen molar-refractivity contribution in [1.29, 1.82) is 0 Å². The van der Waals surface area contributed by atoms with Gasteiger partial charge in [0, 0.05) is 0 Å². The van der Waals surface area contributed by atoms with E-state index in [9.17, 15) is 10.2 Å². The van der Waals surface area contributed by atoms with Gasteiger partial charge in [-0.25, -0.2) is 0 Å². The zero-order chi connectivity index (χ0) is 23.5. The van der Waals surface area contributed by atoms with E-state index in [4.69, 9.17) is 0 Å². The standard InChI is InChI=1S/C30H50O2/c1-25(2)17-20-19-9-10-22-28(6)13-12-23(31)26(3,4)21(28)11-14-30(22,8)29(19,7)16-15-27(20,5)18-24(25)32/h9,20-24,31-32H,10-18H2,1-8H3/t20-,21-,22+,23-,24+,27-,28-,29+,30+/m0/s1. The lowest BCUT2D eigenvalue weighted by Crippen LogP contribution is -2.64. The van der Waals surface area contributed by atoms with E-state index in [1.54, 1.807) is 5.57 Å². The summed E-state index contributed by atoms with van der Waals surface area (Å²) in [6.07, 6.45) is 13.0. The second-order valence-corrected chi connectivity index (χ2v) is 15.3. The Bertz CT molecular complexity index is 825. The topological polar surface area (TPSA) is 40.5 Å². The van der Waals surface area contributed by atoms with E-state index < -0.39 is 0 Å². The van der Waals surface area contributed by atoms with Crippen LogP contribution in [0, 0.1) is 50.2 Å². The molecule has 182 valence electrons. The van der Waals surface area contributed by atoms with Crippen molar-refractivity contribution in [2.24, 2.45) is 50.2 Å². The molecule has 5 rings (SSSR count). The Morgan fingerprint density at radius 1 is 0.750 bits per heavy atom. The molecule has 2 heteroatoms. The van der Waals surface area contributed by atoms with Crippen molar-refractivity contribution in [2.45, 2.75) is 125 Å². The monoisotopic (exact) mass is 442 g/mol. The van der Waals surface area contributed by atoms with Gasteiger partial charge in [-0.05, 0) is 108 Å². The normalized spacial score (nSPS) is 56.2. The largest absolute Gasteiger partial charge is 0.393 e. The second kappa shape index (κ2) is 6.66. The fourth-order valence-electron chi connectivity index (χ4n) is 10.6. The van der Waals surface area contributed by atoms with Crippen molar-refractivity contribution >= 4 is 0 Å². The van der Waals surface area contributed by atoms with Crippen molar-refractivity contribution in [1.82, 2.24) is 0 Å². The molecule has 2 nitrogen and oxygen atoms in total. The zero-order valence-corrected chi connectivity index (χ0v) is 22.2. The van der Waals surface area contributed by atoms with Gasteiger partial charge in [-0.1, -0.05) is 67.0 Å². The minimum absolute atomic E-state index is 0.00813. The van der Waals surface area contributed by atoms with Crippen molar-refractivity contribution in [3.05, 3.63) is 11.6 Å². The van der Waals surface area contributed by atoms with Crippen LogP contribution in [-0.4, -0.2) is 22.4 Å². The van der Waals surface area contributed by atoms with Crippen molar-refractivity contribution in [3.63, 3.8) is 0 Å². The van der Waals surface area contributed by atoms with Gasteiger partial charge in [0.2, 0.25) is 0 Å². The molecule has 5 aliphatic rings. The van der Waals surface area contributed by atoms with E-state index in [1.165, 1.54) is 38.5 Å². The summed E-state index contributed by atoms with van der Waals surface area (Å²) < 4.78 is 0. The molecule has 0 unspecified atom stereocenters.